The van der Waals surface area contributed by atoms with Gasteiger partial charge in [0, 0.05) is 11.1 Å². The van der Waals surface area contributed by atoms with E-state index in [1.54, 1.807) is 12.1 Å². The molecule has 1 heterocycles. The van der Waals surface area contributed by atoms with Crippen LogP contribution >= 0.6 is 0 Å². The lowest BCUT2D eigenvalue weighted by Crippen LogP contribution is -2.46. The predicted molar refractivity (Wildman–Crippen MR) is 64.8 cm³/mol. The molecule has 0 saturated carbocycles. The Balaban J connectivity index is 2.34. The fourth-order valence-electron chi connectivity index (χ4n) is 2.82. The topological polar surface area (TPSA) is 12.0 Å². The van der Waals surface area contributed by atoms with Gasteiger partial charge in [0.25, 0.3) is 0 Å². The van der Waals surface area contributed by atoms with Gasteiger partial charge in [-0.15, -0.1) is 0 Å². The summed E-state index contributed by atoms with van der Waals surface area (Å²) in [5.74, 6) is -0.0645. The Bertz CT molecular complexity index is 337. The highest BCUT2D eigenvalue weighted by atomic mass is 19.1. The monoisotopic (exact) mass is 221 g/mol. The number of hydrogen-bond acceptors (Lipinski definition) is 1. The van der Waals surface area contributed by atoms with Crippen molar-refractivity contribution in [2.24, 2.45) is 0 Å². The smallest absolute Gasteiger partial charge is 0.128 e. The summed E-state index contributed by atoms with van der Waals surface area (Å²) < 4.78 is 13.9. The molecule has 2 heteroatoms. The van der Waals surface area contributed by atoms with Gasteiger partial charge in [-0.2, -0.15) is 0 Å². The second-order valence-electron chi connectivity index (χ2n) is 4.70. The molecule has 1 aromatic carbocycles. The van der Waals surface area contributed by atoms with Gasteiger partial charge in [0.15, 0.2) is 0 Å². The van der Waals surface area contributed by atoms with Crippen LogP contribution < -0.4 is 5.32 Å². The van der Waals surface area contributed by atoms with Crippen LogP contribution in [0.5, 0.6) is 0 Å². The summed E-state index contributed by atoms with van der Waals surface area (Å²) >= 11 is 0. The lowest BCUT2D eigenvalue weighted by Gasteiger charge is -2.39. The van der Waals surface area contributed by atoms with E-state index in [4.69, 9.17) is 0 Å². The van der Waals surface area contributed by atoms with Crippen LogP contribution in [0.1, 0.15) is 44.6 Å². The Morgan fingerprint density at radius 3 is 2.75 bits per heavy atom. The number of rotatable bonds is 3. The van der Waals surface area contributed by atoms with Crippen molar-refractivity contribution in [3.8, 4) is 0 Å². The van der Waals surface area contributed by atoms with Crippen molar-refractivity contribution in [3.05, 3.63) is 35.6 Å². The number of benzene rings is 1. The van der Waals surface area contributed by atoms with Gasteiger partial charge < -0.3 is 5.32 Å². The van der Waals surface area contributed by atoms with Gasteiger partial charge in [0.2, 0.25) is 0 Å². The van der Waals surface area contributed by atoms with Crippen LogP contribution in [-0.4, -0.2) is 6.54 Å². The third-order valence-electron chi connectivity index (χ3n) is 3.56. The molecule has 2 rings (SSSR count). The minimum atomic E-state index is -0.113. The van der Waals surface area contributed by atoms with Crippen LogP contribution in [0.3, 0.4) is 0 Å². The van der Waals surface area contributed by atoms with E-state index >= 15 is 0 Å². The molecule has 0 spiro atoms. The third-order valence-corrected chi connectivity index (χ3v) is 3.56. The molecular weight excluding hydrogens is 201 g/mol. The summed E-state index contributed by atoms with van der Waals surface area (Å²) in [5, 5.41) is 3.55. The molecule has 1 saturated heterocycles. The van der Waals surface area contributed by atoms with Crippen LogP contribution in [0, 0.1) is 5.82 Å². The van der Waals surface area contributed by atoms with E-state index in [9.17, 15) is 4.39 Å². The van der Waals surface area contributed by atoms with Crippen LogP contribution in [-0.2, 0) is 5.54 Å². The minimum Gasteiger partial charge on any atom is -0.307 e. The first-order valence-electron chi connectivity index (χ1n) is 6.28. The lowest BCUT2D eigenvalue weighted by atomic mass is 9.79. The second-order valence-corrected chi connectivity index (χ2v) is 4.70. The number of halogens is 1. The largest absolute Gasteiger partial charge is 0.307 e. The van der Waals surface area contributed by atoms with Crippen LogP contribution in [0.4, 0.5) is 4.39 Å². The number of nitrogens with one attached hydrogen (secondary N) is 1. The van der Waals surface area contributed by atoms with E-state index in [1.165, 1.54) is 12.8 Å². The molecule has 0 aromatic heterocycles. The molecule has 0 aliphatic carbocycles. The fraction of sp³-hybridized carbons (Fsp3) is 0.571. The highest BCUT2D eigenvalue weighted by Gasteiger charge is 2.34. The molecule has 1 fully saturated rings. The van der Waals surface area contributed by atoms with Gasteiger partial charge in [-0.3, -0.25) is 0 Å². The summed E-state index contributed by atoms with van der Waals surface area (Å²) in [6.45, 7) is 3.17. The standard InChI is InChI=1S/C14H20FN/c1-2-9-14(10-5-6-11-16-14)12-7-3-4-8-13(12)15/h3-4,7-8,16H,2,5-6,9-11H2,1H3. The van der Waals surface area contributed by atoms with Crippen molar-refractivity contribution < 1.29 is 4.39 Å². The van der Waals surface area contributed by atoms with Crippen molar-refractivity contribution >= 4 is 0 Å². The first-order chi connectivity index (χ1) is 7.78. The summed E-state index contributed by atoms with van der Waals surface area (Å²) in [5.41, 5.74) is 0.745. The molecule has 16 heavy (non-hydrogen) atoms. The highest BCUT2D eigenvalue weighted by molar-refractivity contribution is 5.27. The summed E-state index contributed by atoms with van der Waals surface area (Å²) in [6.07, 6.45) is 5.57. The third kappa shape index (κ3) is 2.12. The van der Waals surface area contributed by atoms with E-state index < -0.39 is 0 Å². The zero-order valence-electron chi connectivity index (χ0n) is 9.93. The fourth-order valence-corrected chi connectivity index (χ4v) is 2.82. The molecule has 0 bridgehead atoms. The summed E-state index contributed by atoms with van der Waals surface area (Å²) in [6, 6.07) is 7.21. The van der Waals surface area contributed by atoms with Crippen LogP contribution in [0.25, 0.3) is 0 Å². The maximum absolute atomic E-state index is 13.9. The van der Waals surface area contributed by atoms with Gasteiger partial charge >= 0.3 is 0 Å². The summed E-state index contributed by atoms with van der Waals surface area (Å²) in [4.78, 5) is 0. The Hall–Kier alpha value is -0.890. The van der Waals surface area contributed by atoms with E-state index in [0.717, 1.165) is 31.4 Å². The predicted octanol–water partition coefficient (Wildman–Crippen LogP) is 3.59. The molecular formula is C14H20FN. The molecule has 1 aliphatic rings. The first kappa shape index (κ1) is 11.6. The van der Waals surface area contributed by atoms with E-state index in [-0.39, 0.29) is 11.4 Å². The number of piperidine rings is 1. The molecule has 1 atom stereocenters. The average Bonchev–Trinajstić information content (AvgIpc) is 2.31. The van der Waals surface area contributed by atoms with Gasteiger partial charge in [0.1, 0.15) is 5.82 Å². The van der Waals surface area contributed by atoms with Gasteiger partial charge in [-0.25, -0.2) is 4.39 Å². The van der Waals surface area contributed by atoms with Crippen LogP contribution in [0.15, 0.2) is 24.3 Å². The zero-order chi connectivity index (χ0) is 11.4. The second kappa shape index (κ2) is 4.96. The zero-order valence-corrected chi connectivity index (χ0v) is 9.93. The molecule has 88 valence electrons. The van der Waals surface area contributed by atoms with Crippen molar-refractivity contribution in [1.82, 2.24) is 5.32 Å². The Morgan fingerprint density at radius 1 is 1.31 bits per heavy atom. The van der Waals surface area contributed by atoms with Gasteiger partial charge in [-0.1, -0.05) is 38.0 Å². The molecule has 0 amide bonds. The molecule has 1 N–H and O–H groups in total. The first-order valence-corrected chi connectivity index (χ1v) is 6.28. The van der Waals surface area contributed by atoms with Gasteiger partial charge in [0.05, 0.1) is 0 Å². The van der Waals surface area contributed by atoms with E-state index in [2.05, 4.69) is 12.2 Å². The van der Waals surface area contributed by atoms with Crippen molar-refractivity contribution in [2.45, 2.75) is 44.6 Å². The SMILES string of the molecule is CCCC1(c2ccccc2F)CCCCN1. The molecule has 1 aromatic rings. The molecule has 0 radical (unpaired) electrons. The Morgan fingerprint density at radius 2 is 2.12 bits per heavy atom. The van der Waals surface area contributed by atoms with E-state index in [0.29, 0.717) is 0 Å². The average molecular weight is 221 g/mol. The maximum atomic E-state index is 13.9. The van der Waals surface area contributed by atoms with Crippen molar-refractivity contribution in [2.75, 3.05) is 6.54 Å². The molecule has 1 unspecified atom stereocenters. The van der Waals surface area contributed by atoms with Crippen molar-refractivity contribution in [1.29, 1.82) is 0 Å². The van der Waals surface area contributed by atoms with Gasteiger partial charge in [-0.05, 0) is 31.9 Å². The van der Waals surface area contributed by atoms with Crippen LogP contribution in [0.2, 0.25) is 0 Å². The lowest BCUT2D eigenvalue weighted by molar-refractivity contribution is 0.230. The molecule has 1 nitrogen and oxygen atoms in total. The number of hydrogen-bond donors (Lipinski definition) is 1. The highest BCUT2D eigenvalue weighted by Crippen LogP contribution is 2.35. The maximum Gasteiger partial charge on any atom is 0.128 e. The summed E-state index contributed by atoms with van der Waals surface area (Å²) in [7, 11) is 0. The normalized spacial score (nSPS) is 25.6. The van der Waals surface area contributed by atoms with Crippen molar-refractivity contribution in [3.63, 3.8) is 0 Å². The minimum absolute atomic E-state index is 0.0645. The van der Waals surface area contributed by atoms with E-state index in [1.807, 2.05) is 12.1 Å². The molecule has 1 aliphatic heterocycles. The quantitative estimate of drug-likeness (QED) is 0.822. The Kier molecular flexibility index (Phi) is 3.59. The Labute approximate surface area is 97.1 Å².